The average molecular weight is 553 g/mol. The van der Waals surface area contributed by atoms with E-state index in [1.165, 1.54) is 21.6 Å². The second-order valence-electron chi connectivity index (χ2n) is 12.0. The van der Waals surface area contributed by atoms with Crippen LogP contribution in [0.15, 0.2) is 0 Å². The summed E-state index contributed by atoms with van der Waals surface area (Å²) >= 11 is 0. The van der Waals surface area contributed by atoms with Crippen molar-refractivity contribution in [2.24, 2.45) is 0 Å². The van der Waals surface area contributed by atoms with Gasteiger partial charge in [0.15, 0.2) is 0 Å². The summed E-state index contributed by atoms with van der Waals surface area (Å²) < 4.78 is 21.4. The van der Waals surface area contributed by atoms with Gasteiger partial charge in [0.25, 0.3) is 0 Å². The highest BCUT2D eigenvalue weighted by Gasteiger charge is 2.31. The first-order chi connectivity index (χ1) is 16.0. The largest absolute Gasteiger partial charge is 0.458 e. The van der Waals surface area contributed by atoms with Crippen LogP contribution in [0.2, 0.25) is 0 Å². The number of ether oxygens (including phenoxy) is 4. The van der Waals surface area contributed by atoms with E-state index in [9.17, 15) is 19.2 Å². The highest BCUT2D eigenvalue weighted by molar-refractivity contribution is 8.76. The molecular formula is C24H44N2O8S2. The maximum Gasteiger partial charge on any atom is 0.408 e. The minimum Gasteiger partial charge on any atom is -0.458 e. The molecule has 210 valence electrons. The Morgan fingerprint density at radius 1 is 0.528 bits per heavy atom. The molecule has 0 bridgehead atoms. The maximum absolute atomic E-state index is 12.7. The molecule has 0 saturated heterocycles. The Hall–Kier alpha value is -1.82. The molecule has 0 rings (SSSR count). The Kier molecular flexibility index (Phi) is 13.0. The third-order valence-electron chi connectivity index (χ3n) is 3.32. The van der Waals surface area contributed by atoms with Crippen molar-refractivity contribution >= 4 is 45.7 Å². The van der Waals surface area contributed by atoms with Gasteiger partial charge in [-0.2, -0.15) is 0 Å². The van der Waals surface area contributed by atoms with Crippen molar-refractivity contribution in [2.45, 2.75) is 118 Å². The fourth-order valence-electron chi connectivity index (χ4n) is 2.22. The van der Waals surface area contributed by atoms with Gasteiger partial charge in [-0.1, -0.05) is 21.6 Å². The van der Waals surface area contributed by atoms with Crippen molar-refractivity contribution in [1.82, 2.24) is 10.6 Å². The van der Waals surface area contributed by atoms with Crippen LogP contribution in [0.4, 0.5) is 9.59 Å². The zero-order chi connectivity index (χ0) is 28.5. The van der Waals surface area contributed by atoms with E-state index >= 15 is 0 Å². The number of rotatable bonds is 9. The van der Waals surface area contributed by atoms with Crippen molar-refractivity contribution in [2.75, 3.05) is 11.5 Å². The van der Waals surface area contributed by atoms with Crippen molar-refractivity contribution in [3.63, 3.8) is 0 Å². The molecule has 0 aromatic carbocycles. The Bertz CT molecular complexity index is 698. The number of hydrogen-bond donors (Lipinski definition) is 2. The maximum atomic E-state index is 12.7. The fourth-order valence-corrected chi connectivity index (χ4v) is 4.51. The summed E-state index contributed by atoms with van der Waals surface area (Å²) in [6.07, 6.45) is -1.50. The van der Waals surface area contributed by atoms with E-state index in [0.29, 0.717) is 0 Å². The molecule has 2 N–H and O–H groups in total. The van der Waals surface area contributed by atoms with E-state index in [1.807, 2.05) is 0 Å². The molecule has 2 amide bonds. The molecule has 0 aliphatic carbocycles. The smallest absolute Gasteiger partial charge is 0.408 e. The van der Waals surface area contributed by atoms with E-state index in [4.69, 9.17) is 18.9 Å². The number of amides is 2. The Labute approximate surface area is 223 Å². The van der Waals surface area contributed by atoms with E-state index in [-0.39, 0.29) is 11.5 Å². The van der Waals surface area contributed by atoms with Gasteiger partial charge in [0.2, 0.25) is 0 Å². The lowest BCUT2D eigenvalue weighted by Crippen LogP contribution is -2.48. The van der Waals surface area contributed by atoms with E-state index in [0.717, 1.165) is 0 Å². The monoisotopic (exact) mass is 552 g/mol. The van der Waals surface area contributed by atoms with E-state index in [1.54, 1.807) is 83.1 Å². The van der Waals surface area contributed by atoms with Crippen LogP contribution in [-0.2, 0) is 28.5 Å². The number of hydrogen-bond acceptors (Lipinski definition) is 10. The summed E-state index contributed by atoms with van der Waals surface area (Å²) in [7, 11) is 2.45. The molecule has 0 saturated carbocycles. The topological polar surface area (TPSA) is 129 Å². The van der Waals surface area contributed by atoms with Gasteiger partial charge < -0.3 is 29.6 Å². The molecule has 0 aromatic heterocycles. The quantitative estimate of drug-likeness (QED) is 0.177. The molecule has 0 heterocycles. The number of alkyl carbamates (subject to hydrolysis) is 2. The summed E-state index contributed by atoms with van der Waals surface area (Å²) in [5, 5.41) is 5.09. The molecule has 1 unspecified atom stereocenters. The summed E-state index contributed by atoms with van der Waals surface area (Å²) in [6, 6.07) is -1.98. The lowest BCUT2D eigenvalue weighted by molar-refractivity contribution is -0.157. The van der Waals surface area contributed by atoms with Gasteiger partial charge in [0.05, 0.1) is 0 Å². The number of esters is 2. The zero-order valence-corrected chi connectivity index (χ0v) is 25.3. The third kappa shape index (κ3) is 18.4. The molecule has 0 aliphatic heterocycles. The summed E-state index contributed by atoms with van der Waals surface area (Å²) in [4.78, 5) is 49.9. The Balaban J connectivity index is 5.27. The van der Waals surface area contributed by atoms with Crippen LogP contribution in [0, 0.1) is 0 Å². The average Bonchev–Trinajstić information content (AvgIpc) is 2.56. The van der Waals surface area contributed by atoms with Crippen molar-refractivity contribution < 1.29 is 38.1 Å². The van der Waals surface area contributed by atoms with Crippen molar-refractivity contribution in [3.8, 4) is 0 Å². The highest BCUT2D eigenvalue weighted by Crippen LogP contribution is 2.25. The molecule has 2 atom stereocenters. The second-order valence-corrected chi connectivity index (χ2v) is 14.6. The molecule has 0 radical (unpaired) electrons. The van der Waals surface area contributed by atoms with E-state index < -0.39 is 58.6 Å². The standard InChI is InChI=1S/C24H44N2O8S2/c1-21(2,3)31-17(27)15(25-19(29)33-23(7,8)9)13-35-36-14-16(18(28)32-22(4,5)6)26-20(30)34-24(10,11)12/h15-16H,13-14H2,1-12H3,(H,25,29)(H,26,30)/t15-,16?/m0/s1. The van der Waals surface area contributed by atoms with Crippen LogP contribution in [0.1, 0.15) is 83.1 Å². The summed E-state index contributed by atoms with van der Waals surface area (Å²) in [5.74, 6) is -0.965. The summed E-state index contributed by atoms with van der Waals surface area (Å²) in [5.41, 5.74) is -2.97. The molecule has 0 aromatic rings. The zero-order valence-electron chi connectivity index (χ0n) is 23.7. The number of carbonyl (C=O) groups is 4. The van der Waals surface area contributed by atoms with Crippen molar-refractivity contribution in [1.29, 1.82) is 0 Å². The Morgan fingerprint density at radius 2 is 0.778 bits per heavy atom. The lowest BCUT2D eigenvalue weighted by atomic mass is 10.2. The first kappa shape index (κ1) is 34.2. The van der Waals surface area contributed by atoms with Crippen LogP contribution in [0.5, 0.6) is 0 Å². The van der Waals surface area contributed by atoms with Gasteiger partial charge in [0.1, 0.15) is 34.5 Å². The van der Waals surface area contributed by atoms with E-state index in [2.05, 4.69) is 10.6 Å². The first-order valence-corrected chi connectivity index (χ1v) is 14.2. The normalized spacial score (nSPS) is 14.2. The van der Waals surface area contributed by atoms with Gasteiger partial charge in [-0.05, 0) is 83.1 Å². The van der Waals surface area contributed by atoms with Crippen LogP contribution in [-0.4, -0.2) is 70.1 Å². The molecule has 36 heavy (non-hydrogen) atoms. The molecule has 0 aliphatic rings. The van der Waals surface area contributed by atoms with Gasteiger partial charge >= 0.3 is 24.1 Å². The van der Waals surface area contributed by atoms with Gasteiger partial charge in [-0.15, -0.1) is 0 Å². The molecule has 0 fully saturated rings. The minimum absolute atomic E-state index is 0.131. The van der Waals surface area contributed by atoms with Crippen LogP contribution >= 0.6 is 21.6 Å². The second kappa shape index (κ2) is 13.6. The first-order valence-electron chi connectivity index (χ1n) is 11.7. The lowest BCUT2D eigenvalue weighted by Gasteiger charge is -2.27. The van der Waals surface area contributed by atoms with Crippen LogP contribution < -0.4 is 10.6 Å². The van der Waals surface area contributed by atoms with Crippen LogP contribution in [0.25, 0.3) is 0 Å². The highest BCUT2D eigenvalue weighted by atomic mass is 33.1. The number of carbonyl (C=O) groups excluding carboxylic acids is 4. The van der Waals surface area contributed by atoms with Gasteiger partial charge in [0, 0.05) is 11.5 Å². The molecule has 12 heteroatoms. The third-order valence-corrected chi connectivity index (χ3v) is 5.74. The molecular weight excluding hydrogens is 508 g/mol. The Morgan fingerprint density at radius 3 is 1.00 bits per heavy atom. The molecule has 10 nitrogen and oxygen atoms in total. The minimum atomic E-state index is -0.990. The summed E-state index contributed by atoms with van der Waals surface area (Å²) in [6.45, 7) is 20.7. The predicted molar refractivity (Wildman–Crippen MR) is 143 cm³/mol. The van der Waals surface area contributed by atoms with Crippen LogP contribution in [0.3, 0.4) is 0 Å². The van der Waals surface area contributed by atoms with Gasteiger partial charge in [-0.3, -0.25) is 0 Å². The fraction of sp³-hybridized carbons (Fsp3) is 0.833. The van der Waals surface area contributed by atoms with Crippen molar-refractivity contribution in [3.05, 3.63) is 0 Å². The predicted octanol–water partition coefficient (Wildman–Crippen LogP) is 4.84. The molecule has 0 spiro atoms. The number of nitrogens with one attached hydrogen (secondary N) is 2. The SMILES string of the molecule is CC(C)(C)OC(=O)NC(CSSC[C@H](NC(=O)OC(C)(C)C)C(=O)OC(C)(C)C)C(=O)OC(C)(C)C. The van der Waals surface area contributed by atoms with Gasteiger partial charge in [-0.25, -0.2) is 19.2 Å².